The van der Waals surface area contributed by atoms with Crippen molar-refractivity contribution in [1.82, 2.24) is 9.78 Å². The molecule has 0 aliphatic heterocycles. The van der Waals surface area contributed by atoms with Crippen LogP contribution >= 0.6 is 0 Å². The number of aromatic carboxylic acids is 1. The van der Waals surface area contributed by atoms with E-state index in [1.807, 2.05) is 0 Å². The molecule has 1 heterocycles. The molecule has 0 aliphatic rings. The average molecular weight is 256 g/mol. The molecule has 0 bridgehead atoms. The molecular weight excluding hydrogens is 249 g/mol. The van der Waals surface area contributed by atoms with E-state index >= 15 is 0 Å². The van der Waals surface area contributed by atoms with Gasteiger partial charge in [-0.25, -0.2) is 9.48 Å². The van der Waals surface area contributed by atoms with Crippen LogP contribution in [-0.4, -0.2) is 20.9 Å². The summed E-state index contributed by atoms with van der Waals surface area (Å²) in [7, 11) is 0. The number of halogens is 3. The fourth-order valence-corrected chi connectivity index (χ4v) is 1.38. The predicted molar refractivity (Wildman–Crippen MR) is 55.5 cm³/mol. The largest absolute Gasteiger partial charge is 0.476 e. The second kappa shape index (κ2) is 4.17. The maximum absolute atomic E-state index is 12.3. The van der Waals surface area contributed by atoms with E-state index in [0.717, 1.165) is 12.1 Å². The molecule has 0 atom stereocenters. The van der Waals surface area contributed by atoms with Crippen LogP contribution in [0.2, 0.25) is 0 Å². The summed E-state index contributed by atoms with van der Waals surface area (Å²) in [6, 6.07) is 5.54. The summed E-state index contributed by atoms with van der Waals surface area (Å²) in [6.07, 6.45) is -3.03. The van der Waals surface area contributed by atoms with Crippen LogP contribution in [0.5, 0.6) is 0 Å². The van der Waals surface area contributed by atoms with Crippen LogP contribution in [0.4, 0.5) is 13.2 Å². The SMILES string of the molecule is O=C(O)c1ccn(-c2ccc(C(F)(F)F)cc2)n1. The number of nitrogens with zero attached hydrogens (tertiary/aromatic N) is 2. The Morgan fingerprint density at radius 3 is 2.22 bits per heavy atom. The second-order valence-electron chi connectivity index (χ2n) is 3.50. The van der Waals surface area contributed by atoms with Crippen molar-refractivity contribution in [2.24, 2.45) is 0 Å². The summed E-state index contributed by atoms with van der Waals surface area (Å²) in [5.74, 6) is -1.19. The highest BCUT2D eigenvalue weighted by atomic mass is 19.4. The van der Waals surface area contributed by atoms with E-state index in [4.69, 9.17) is 5.11 Å². The van der Waals surface area contributed by atoms with Crippen molar-refractivity contribution in [1.29, 1.82) is 0 Å². The van der Waals surface area contributed by atoms with Gasteiger partial charge in [-0.3, -0.25) is 0 Å². The van der Waals surface area contributed by atoms with Gasteiger partial charge >= 0.3 is 12.1 Å². The van der Waals surface area contributed by atoms with Gasteiger partial charge in [0.25, 0.3) is 0 Å². The van der Waals surface area contributed by atoms with Gasteiger partial charge in [0.2, 0.25) is 0 Å². The highest BCUT2D eigenvalue weighted by molar-refractivity contribution is 5.85. The van der Waals surface area contributed by atoms with E-state index in [0.29, 0.717) is 5.69 Å². The van der Waals surface area contributed by atoms with Crippen LogP contribution in [0.1, 0.15) is 16.1 Å². The minimum absolute atomic E-state index is 0.171. The van der Waals surface area contributed by atoms with Crippen molar-refractivity contribution in [3.63, 3.8) is 0 Å². The molecule has 2 rings (SSSR count). The van der Waals surface area contributed by atoms with Gasteiger partial charge in [0.1, 0.15) is 0 Å². The quantitative estimate of drug-likeness (QED) is 0.898. The molecule has 1 aromatic heterocycles. The maximum atomic E-state index is 12.3. The van der Waals surface area contributed by atoms with Crippen LogP contribution in [-0.2, 0) is 6.18 Å². The van der Waals surface area contributed by atoms with Crippen LogP contribution in [0.3, 0.4) is 0 Å². The van der Waals surface area contributed by atoms with Gasteiger partial charge in [0.05, 0.1) is 11.3 Å². The first kappa shape index (κ1) is 12.2. The Labute approximate surface area is 99.3 Å². The van der Waals surface area contributed by atoms with E-state index < -0.39 is 17.7 Å². The minimum atomic E-state index is -4.39. The summed E-state index contributed by atoms with van der Waals surface area (Å²) >= 11 is 0. The summed E-state index contributed by atoms with van der Waals surface area (Å²) in [5, 5.41) is 12.4. The Morgan fingerprint density at radius 2 is 1.78 bits per heavy atom. The predicted octanol–water partition coefficient (Wildman–Crippen LogP) is 2.59. The van der Waals surface area contributed by atoms with E-state index in [-0.39, 0.29) is 5.69 Å². The van der Waals surface area contributed by atoms with Crippen LogP contribution in [0.15, 0.2) is 36.5 Å². The standard InChI is InChI=1S/C11H7F3N2O2/c12-11(13,14)7-1-3-8(4-2-7)16-6-5-9(15-16)10(17)18/h1-6H,(H,17,18). The third kappa shape index (κ3) is 2.34. The summed E-state index contributed by atoms with van der Waals surface area (Å²) in [4.78, 5) is 10.6. The van der Waals surface area contributed by atoms with Gasteiger partial charge < -0.3 is 5.11 Å². The lowest BCUT2D eigenvalue weighted by Gasteiger charge is -2.07. The smallest absolute Gasteiger partial charge is 0.416 e. The average Bonchev–Trinajstić information content (AvgIpc) is 2.77. The molecule has 18 heavy (non-hydrogen) atoms. The lowest BCUT2D eigenvalue weighted by atomic mass is 10.2. The lowest BCUT2D eigenvalue weighted by Crippen LogP contribution is -2.05. The molecule has 2 aromatic rings. The zero-order valence-corrected chi connectivity index (χ0v) is 8.85. The fraction of sp³-hybridized carbons (Fsp3) is 0.0909. The number of carboxylic acid groups (broad SMARTS) is 1. The molecule has 0 saturated carbocycles. The molecular formula is C11H7F3N2O2. The second-order valence-corrected chi connectivity index (χ2v) is 3.50. The van der Waals surface area contributed by atoms with Gasteiger partial charge in [-0.2, -0.15) is 18.3 Å². The summed E-state index contributed by atoms with van der Waals surface area (Å²) in [6.45, 7) is 0. The van der Waals surface area contributed by atoms with Gasteiger partial charge in [-0.05, 0) is 30.3 Å². The third-order valence-corrected chi connectivity index (χ3v) is 2.27. The maximum Gasteiger partial charge on any atom is 0.416 e. The number of carboxylic acids is 1. The zero-order chi connectivity index (χ0) is 13.3. The monoisotopic (exact) mass is 256 g/mol. The highest BCUT2D eigenvalue weighted by Gasteiger charge is 2.30. The minimum Gasteiger partial charge on any atom is -0.476 e. The number of rotatable bonds is 2. The number of alkyl halides is 3. The Morgan fingerprint density at radius 1 is 1.17 bits per heavy atom. The first-order valence-corrected chi connectivity index (χ1v) is 4.84. The van der Waals surface area contributed by atoms with Crippen LogP contribution in [0, 0.1) is 0 Å². The molecule has 7 heteroatoms. The van der Waals surface area contributed by atoms with Crippen molar-refractivity contribution in [3.05, 3.63) is 47.8 Å². The molecule has 94 valence electrons. The lowest BCUT2D eigenvalue weighted by molar-refractivity contribution is -0.137. The van der Waals surface area contributed by atoms with E-state index in [9.17, 15) is 18.0 Å². The van der Waals surface area contributed by atoms with Crippen molar-refractivity contribution in [2.75, 3.05) is 0 Å². The van der Waals surface area contributed by atoms with Crippen LogP contribution < -0.4 is 0 Å². The Hall–Kier alpha value is -2.31. The van der Waals surface area contributed by atoms with Gasteiger partial charge in [-0.15, -0.1) is 0 Å². The molecule has 1 N–H and O–H groups in total. The first-order chi connectivity index (χ1) is 8.38. The Bertz CT molecular complexity index is 573. The molecule has 0 unspecified atom stereocenters. The Balaban J connectivity index is 2.31. The van der Waals surface area contributed by atoms with Crippen molar-refractivity contribution in [2.45, 2.75) is 6.18 Å². The number of hydrogen-bond acceptors (Lipinski definition) is 2. The van der Waals surface area contributed by atoms with Crippen LogP contribution in [0.25, 0.3) is 5.69 Å². The third-order valence-electron chi connectivity index (χ3n) is 2.27. The molecule has 0 aliphatic carbocycles. The normalized spacial score (nSPS) is 11.5. The van der Waals surface area contributed by atoms with E-state index in [2.05, 4.69) is 5.10 Å². The molecule has 0 fully saturated rings. The van der Waals surface area contributed by atoms with Crippen molar-refractivity contribution >= 4 is 5.97 Å². The molecule has 0 radical (unpaired) electrons. The first-order valence-electron chi connectivity index (χ1n) is 4.84. The molecule has 1 aromatic carbocycles. The van der Waals surface area contributed by atoms with Gasteiger partial charge in [-0.1, -0.05) is 0 Å². The molecule has 4 nitrogen and oxygen atoms in total. The molecule has 0 amide bonds. The van der Waals surface area contributed by atoms with Gasteiger partial charge in [0.15, 0.2) is 5.69 Å². The zero-order valence-electron chi connectivity index (χ0n) is 8.85. The fourth-order valence-electron chi connectivity index (χ4n) is 1.38. The number of carbonyl (C=O) groups is 1. The number of benzene rings is 1. The van der Waals surface area contributed by atoms with Gasteiger partial charge in [0, 0.05) is 6.20 Å². The van der Waals surface area contributed by atoms with E-state index in [1.165, 1.54) is 29.1 Å². The molecule has 0 saturated heterocycles. The summed E-state index contributed by atoms with van der Waals surface area (Å²) < 4.78 is 38.2. The topological polar surface area (TPSA) is 55.1 Å². The molecule has 0 spiro atoms. The van der Waals surface area contributed by atoms with E-state index in [1.54, 1.807) is 0 Å². The number of hydrogen-bond donors (Lipinski definition) is 1. The van der Waals surface area contributed by atoms with Crippen molar-refractivity contribution < 1.29 is 23.1 Å². The van der Waals surface area contributed by atoms with Crippen molar-refractivity contribution in [3.8, 4) is 5.69 Å². The Kier molecular flexibility index (Phi) is 2.82. The highest BCUT2D eigenvalue weighted by Crippen LogP contribution is 2.29. The number of aromatic nitrogens is 2. The summed E-state index contributed by atoms with van der Waals surface area (Å²) in [5.41, 5.74) is -0.581.